The van der Waals surface area contributed by atoms with Crippen LogP contribution in [0.5, 0.6) is 0 Å². The highest BCUT2D eigenvalue weighted by Gasteiger charge is 1.92. The second kappa shape index (κ2) is 6.01. The Balaban J connectivity index is 2.09. The summed E-state index contributed by atoms with van der Waals surface area (Å²) in [5, 5.41) is 23.3. The van der Waals surface area contributed by atoms with Crippen molar-refractivity contribution in [2.75, 3.05) is 0 Å². The average molecular weight is 235 g/mol. The van der Waals surface area contributed by atoms with Crippen molar-refractivity contribution in [2.24, 2.45) is 20.5 Å². The lowest BCUT2D eigenvalue weighted by Gasteiger charge is -1.93. The van der Waals surface area contributed by atoms with Crippen molar-refractivity contribution < 1.29 is 0 Å². The summed E-state index contributed by atoms with van der Waals surface area (Å²) in [4.78, 5) is 0. The van der Waals surface area contributed by atoms with Crippen molar-refractivity contribution in [2.45, 2.75) is 0 Å². The lowest BCUT2D eigenvalue weighted by molar-refractivity contribution is 1.21. The lowest BCUT2D eigenvalue weighted by atomic mass is 10.3. The van der Waals surface area contributed by atoms with Gasteiger partial charge in [-0.25, -0.2) is 0 Å². The number of azo groups is 2. The molecule has 0 amide bonds. The molecule has 0 atom stereocenters. The highest BCUT2D eigenvalue weighted by atomic mass is 15.1. The predicted molar refractivity (Wildman–Crippen MR) is 67.2 cm³/mol. The standard InChI is InChI=1S/C13H9N5/c14-10-15-16-12-6-8-13(9-7-12)18-17-11-4-2-1-3-5-11/h1-9H. The summed E-state index contributed by atoms with van der Waals surface area (Å²) in [6, 6.07) is 16.4. The molecule has 86 valence electrons. The fourth-order valence-corrected chi connectivity index (χ4v) is 1.28. The van der Waals surface area contributed by atoms with E-state index in [1.165, 1.54) is 0 Å². The van der Waals surface area contributed by atoms with Crippen LogP contribution < -0.4 is 0 Å². The number of hydrogen-bond acceptors (Lipinski definition) is 5. The molecule has 0 aromatic heterocycles. The van der Waals surface area contributed by atoms with Gasteiger partial charge in [-0.05, 0) is 36.4 Å². The molecule has 0 spiro atoms. The quantitative estimate of drug-likeness (QED) is 0.562. The maximum absolute atomic E-state index is 8.25. The molecule has 0 aliphatic rings. The second-order valence-corrected chi connectivity index (χ2v) is 3.35. The first-order valence-corrected chi connectivity index (χ1v) is 5.25. The second-order valence-electron chi connectivity index (χ2n) is 3.35. The van der Waals surface area contributed by atoms with Gasteiger partial charge in [-0.1, -0.05) is 23.3 Å². The molecular weight excluding hydrogens is 226 g/mol. The molecule has 0 fully saturated rings. The van der Waals surface area contributed by atoms with Crippen LogP contribution in [0.1, 0.15) is 0 Å². The molecule has 2 aromatic carbocycles. The van der Waals surface area contributed by atoms with Gasteiger partial charge in [0.25, 0.3) is 0 Å². The number of nitriles is 1. The van der Waals surface area contributed by atoms with E-state index in [1.807, 2.05) is 30.3 Å². The summed E-state index contributed by atoms with van der Waals surface area (Å²) in [7, 11) is 0. The zero-order chi connectivity index (χ0) is 12.6. The van der Waals surface area contributed by atoms with Crippen molar-refractivity contribution in [3.63, 3.8) is 0 Å². The molecule has 5 nitrogen and oxygen atoms in total. The molecule has 0 unspecified atom stereocenters. The summed E-state index contributed by atoms with van der Waals surface area (Å²) in [5.74, 6) is 0. The fourth-order valence-electron chi connectivity index (χ4n) is 1.28. The zero-order valence-corrected chi connectivity index (χ0v) is 9.43. The minimum atomic E-state index is 0.607. The molecule has 0 radical (unpaired) electrons. The Morgan fingerprint density at radius 1 is 0.667 bits per heavy atom. The Hall–Kier alpha value is -2.87. The highest BCUT2D eigenvalue weighted by molar-refractivity contribution is 5.47. The van der Waals surface area contributed by atoms with E-state index in [4.69, 9.17) is 5.26 Å². The van der Waals surface area contributed by atoms with Crippen LogP contribution in [-0.4, -0.2) is 0 Å². The number of nitrogens with zero attached hydrogens (tertiary/aromatic N) is 5. The van der Waals surface area contributed by atoms with Crippen LogP contribution in [0.25, 0.3) is 0 Å². The SMILES string of the molecule is N#CN=Nc1ccc(N=Nc2ccccc2)cc1. The molecule has 0 aliphatic carbocycles. The van der Waals surface area contributed by atoms with Crippen LogP contribution >= 0.6 is 0 Å². The van der Waals surface area contributed by atoms with Crippen LogP contribution in [0.2, 0.25) is 0 Å². The molecule has 0 saturated heterocycles. The van der Waals surface area contributed by atoms with Gasteiger partial charge in [0.1, 0.15) is 0 Å². The van der Waals surface area contributed by atoms with Crippen LogP contribution in [0, 0.1) is 11.5 Å². The van der Waals surface area contributed by atoms with Crippen molar-refractivity contribution in [1.82, 2.24) is 0 Å². The fraction of sp³-hybridized carbons (Fsp3) is 0. The van der Waals surface area contributed by atoms with E-state index in [0.717, 1.165) is 11.4 Å². The first-order chi connectivity index (χ1) is 8.88. The Morgan fingerprint density at radius 3 is 1.72 bits per heavy atom. The van der Waals surface area contributed by atoms with Gasteiger partial charge in [-0.2, -0.15) is 15.5 Å². The number of rotatable bonds is 3. The monoisotopic (exact) mass is 235 g/mol. The molecule has 18 heavy (non-hydrogen) atoms. The maximum Gasteiger partial charge on any atom is 0.226 e. The van der Waals surface area contributed by atoms with Gasteiger partial charge in [0.2, 0.25) is 6.19 Å². The largest absolute Gasteiger partial charge is 0.226 e. The third-order valence-electron chi connectivity index (χ3n) is 2.10. The third kappa shape index (κ3) is 3.32. The summed E-state index contributed by atoms with van der Waals surface area (Å²) in [6.07, 6.45) is 1.59. The van der Waals surface area contributed by atoms with Gasteiger partial charge in [-0.3, -0.25) is 0 Å². The van der Waals surface area contributed by atoms with Gasteiger partial charge in [0.15, 0.2) is 0 Å². The Kier molecular flexibility index (Phi) is 3.88. The third-order valence-corrected chi connectivity index (χ3v) is 2.10. The number of benzene rings is 2. The lowest BCUT2D eigenvalue weighted by Crippen LogP contribution is -1.65. The Labute approximate surface area is 104 Å². The average Bonchev–Trinajstić information content (AvgIpc) is 2.45. The van der Waals surface area contributed by atoms with Crippen molar-refractivity contribution >= 4 is 17.1 Å². The molecule has 0 N–H and O–H groups in total. The maximum atomic E-state index is 8.25. The Morgan fingerprint density at radius 2 is 1.17 bits per heavy atom. The molecule has 2 aromatic rings. The van der Waals surface area contributed by atoms with Crippen molar-refractivity contribution in [1.29, 1.82) is 5.26 Å². The molecule has 0 saturated carbocycles. The van der Waals surface area contributed by atoms with E-state index < -0.39 is 0 Å². The molecule has 0 heterocycles. The van der Waals surface area contributed by atoms with Crippen LogP contribution in [-0.2, 0) is 0 Å². The summed E-state index contributed by atoms with van der Waals surface area (Å²) in [5.41, 5.74) is 2.12. The molecule has 0 aliphatic heterocycles. The normalized spacial score (nSPS) is 10.8. The van der Waals surface area contributed by atoms with E-state index in [9.17, 15) is 0 Å². The van der Waals surface area contributed by atoms with Crippen molar-refractivity contribution in [3.8, 4) is 6.19 Å². The van der Waals surface area contributed by atoms with Crippen LogP contribution in [0.3, 0.4) is 0 Å². The topological polar surface area (TPSA) is 73.2 Å². The van der Waals surface area contributed by atoms with E-state index >= 15 is 0 Å². The van der Waals surface area contributed by atoms with Gasteiger partial charge in [0, 0.05) is 0 Å². The summed E-state index contributed by atoms with van der Waals surface area (Å²) < 4.78 is 0. The minimum absolute atomic E-state index is 0.607. The van der Waals surface area contributed by atoms with Crippen molar-refractivity contribution in [3.05, 3.63) is 54.6 Å². The van der Waals surface area contributed by atoms with Gasteiger partial charge >= 0.3 is 0 Å². The van der Waals surface area contributed by atoms with Gasteiger partial charge < -0.3 is 0 Å². The van der Waals surface area contributed by atoms with E-state index in [0.29, 0.717) is 5.69 Å². The predicted octanol–water partition coefficient (Wildman–Crippen LogP) is 4.67. The Bertz CT molecular complexity index is 594. The molecular formula is C13H9N5. The first-order valence-electron chi connectivity index (χ1n) is 5.25. The molecule has 2 rings (SSSR count). The van der Waals surface area contributed by atoms with Crippen LogP contribution in [0.4, 0.5) is 17.1 Å². The molecule has 5 heteroatoms. The number of hydrogen-bond donors (Lipinski definition) is 0. The van der Waals surface area contributed by atoms with E-state index in [-0.39, 0.29) is 0 Å². The van der Waals surface area contributed by atoms with Gasteiger partial charge in [-0.15, -0.1) is 5.11 Å². The highest BCUT2D eigenvalue weighted by Crippen LogP contribution is 2.21. The minimum Gasteiger partial charge on any atom is -0.169 e. The van der Waals surface area contributed by atoms with Gasteiger partial charge in [0.05, 0.1) is 17.1 Å². The van der Waals surface area contributed by atoms with E-state index in [2.05, 4.69) is 20.5 Å². The summed E-state index contributed by atoms with van der Waals surface area (Å²) >= 11 is 0. The smallest absolute Gasteiger partial charge is 0.169 e. The van der Waals surface area contributed by atoms with Crippen LogP contribution in [0.15, 0.2) is 75.1 Å². The van der Waals surface area contributed by atoms with E-state index in [1.54, 1.807) is 30.5 Å². The summed E-state index contributed by atoms with van der Waals surface area (Å²) in [6.45, 7) is 0. The zero-order valence-electron chi connectivity index (χ0n) is 9.43. The molecule has 0 bridgehead atoms. The first kappa shape index (κ1) is 11.6.